The summed E-state index contributed by atoms with van der Waals surface area (Å²) in [5, 5.41) is 10.1. The Labute approximate surface area is 98.8 Å². The zero-order valence-electron chi connectivity index (χ0n) is 10.6. The summed E-state index contributed by atoms with van der Waals surface area (Å²) in [6.07, 6.45) is 3.22. The van der Waals surface area contributed by atoms with Crippen molar-refractivity contribution < 1.29 is 9.84 Å². The Morgan fingerprint density at radius 3 is 2.50 bits per heavy atom. The lowest BCUT2D eigenvalue weighted by Crippen LogP contribution is -2.52. The molecule has 1 saturated carbocycles. The predicted octanol–water partition coefficient (Wildman–Crippen LogP) is 1.50. The minimum absolute atomic E-state index is 0.118. The van der Waals surface area contributed by atoms with Crippen LogP contribution in [0, 0.1) is 11.8 Å². The molecule has 3 atom stereocenters. The molecule has 3 nitrogen and oxygen atoms in total. The van der Waals surface area contributed by atoms with Gasteiger partial charge >= 0.3 is 0 Å². The molecule has 0 aromatic heterocycles. The molecule has 16 heavy (non-hydrogen) atoms. The van der Waals surface area contributed by atoms with Crippen LogP contribution in [0.4, 0.5) is 0 Å². The van der Waals surface area contributed by atoms with Gasteiger partial charge in [0.1, 0.15) is 0 Å². The maximum Gasteiger partial charge on any atom is 0.0695 e. The molecule has 1 aliphatic carbocycles. The lowest BCUT2D eigenvalue weighted by molar-refractivity contribution is -0.0490. The van der Waals surface area contributed by atoms with E-state index < -0.39 is 0 Å². The number of morpholine rings is 1. The second-order valence-electron chi connectivity index (χ2n) is 5.60. The van der Waals surface area contributed by atoms with Crippen molar-refractivity contribution in [1.82, 2.24) is 4.90 Å². The van der Waals surface area contributed by atoms with E-state index in [1.807, 2.05) is 0 Å². The number of hydrogen-bond acceptors (Lipinski definition) is 3. The molecule has 0 aromatic rings. The number of ether oxygens (including phenoxy) is 1. The summed E-state index contributed by atoms with van der Waals surface area (Å²) in [5.41, 5.74) is 0. The molecular weight excluding hydrogens is 202 g/mol. The van der Waals surface area contributed by atoms with Gasteiger partial charge in [-0.3, -0.25) is 4.90 Å². The van der Waals surface area contributed by atoms with Crippen molar-refractivity contribution in [2.45, 2.75) is 45.3 Å². The maximum absolute atomic E-state index is 10.1. The van der Waals surface area contributed by atoms with Crippen LogP contribution in [0.1, 0.15) is 33.1 Å². The Bertz CT molecular complexity index is 214. The Kier molecular flexibility index (Phi) is 4.22. The highest BCUT2D eigenvalue weighted by Crippen LogP contribution is 2.32. The average Bonchev–Trinajstić information content (AvgIpc) is 2.30. The smallest absolute Gasteiger partial charge is 0.0695 e. The summed E-state index contributed by atoms with van der Waals surface area (Å²) >= 11 is 0. The van der Waals surface area contributed by atoms with Gasteiger partial charge in [-0.15, -0.1) is 0 Å². The number of nitrogens with zero attached hydrogens (tertiary/aromatic N) is 1. The van der Waals surface area contributed by atoms with Crippen LogP contribution in [-0.2, 0) is 4.74 Å². The van der Waals surface area contributed by atoms with Crippen molar-refractivity contribution in [3.05, 3.63) is 0 Å². The first-order chi connectivity index (χ1) is 7.68. The van der Waals surface area contributed by atoms with E-state index in [1.54, 1.807) is 0 Å². The normalized spacial score (nSPS) is 37.9. The van der Waals surface area contributed by atoms with Crippen LogP contribution in [0.15, 0.2) is 0 Å². The molecule has 0 amide bonds. The van der Waals surface area contributed by atoms with Crippen LogP contribution >= 0.6 is 0 Å². The van der Waals surface area contributed by atoms with Gasteiger partial charge in [-0.2, -0.15) is 0 Å². The van der Waals surface area contributed by atoms with Gasteiger partial charge in [0.15, 0.2) is 0 Å². The fourth-order valence-corrected chi connectivity index (χ4v) is 3.07. The van der Waals surface area contributed by atoms with Gasteiger partial charge in [0.05, 0.1) is 19.3 Å². The van der Waals surface area contributed by atoms with Crippen LogP contribution in [0.5, 0.6) is 0 Å². The fourth-order valence-electron chi connectivity index (χ4n) is 3.07. The Morgan fingerprint density at radius 1 is 1.19 bits per heavy atom. The van der Waals surface area contributed by atoms with Crippen molar-refractivity contribution in [1.29, 1.82) is 0 Å². The molecule has 0 bridgehead atoms. The quantitative estimate of drug-likeness (QED) is 0.776. The zero-order valence-corrected chi connectivity index (χ0v) is 10.6. The van der Waals surface area contributed by atoms with Gasteiger partial charge in [0, 0.05) is 19.1 Å². The van der Waals surface area contributed by atoms with Crippen molar-refractivity contribution in [3.8, 4) is 0 Å². The molecule has 1 aliphatic heterocycles. The number of aliphatic hydroxyl groups excluding tert-OH is 1. The van der Waals surface area contributed by atoms with Gasteiger partial charge < -0.3 is 9.84 Å². The van der Waals surface area contributed by atoms with Crippen LogP contribution in [-0.4, -0.2) is 48.5 Å². The summed E-state index contributed by atoms with van der Waals surface area (Å²) in [7, 11) is 0. The van der Waals surface area contributed by atoms with Crippen molar-refractivity contribution >= 4 is 0 Å². The second kappa shape index (κ2) is 5.48. The second-order valence-corrected chi connectivity index (χ2v) is 5.60. The number of hydrogen-bond donors (Lipinski definition) is 1. The molecule has 0 aromatic carbocycles. The third-order valence-electron chi connectivity index (χ3n) is 4.28. The molecule has 0 radical (unpaired) electrons. The van der Waals surface area contributed by atoms with Gasteiger partial charge in [-0.25, -0.2) is 0 Å². The lowest BCUT2D eigenvalue weighted by Gasteiger charge is -2.43. The van der Waals surface area contributed by atoms with Gasteiger partial charge in [-0.1, -0.05) is 13.8 Å². The van der Waals surface area contributed by atoms with Gasteiger partial charge in [0.25, 0.3) is 0 Å². The van der Waals surface area contributed by atoms with Crippen LogP contribution in [0.2, 0.25) is 0 Å². The van der Waals surface area contributed by atoms with Crippen molar-refractivity contribution in [2.24, 2.45) is 11.8 Å². The third-order valence-corrected chi connectivity index (χ3v) is 4.28. The summed E-state index contributed by atoms with van der Waals surface area (Å²) < 4.78 is 5.38. The van der Waals surface area contributed by atoms with E-state index >= 15 is 0 Å². The monoisotopic (exact) mass is 227 g/mol. The molecule has 0 spiro atoms. The highest BCUT2D eigenvalue weighted by molar-refractivity contribution is 4.88. The highest BCUT2D eigenvalue weighted by Gasteiger charge is 2.34. The minimum Gasteiger partial charge on any atom is -0.391 e. The zero-order chi connectivity index (χ0) is 11.5. The van der Waals surface area contributed by atoms with E-state index in [-0.39, 0.29) is 6.10 Å². The number of rotatable bonds is 2. The van der Waals surface area contributed by atoms with E-state index in [0.29, 0.717) is 6.04 Å². The lowest BCUT2D eigenvalue weighted by atomic mass is 9.77. The minimum atomic E-state index is -0.118. The maximum atomic E-state index is 10.1. The Morgan fingerprint density at radius 2 is 1.88 bits per heavy atom. The van der Waals surface area contributed by atoms with Crippen LogP contribution in [0.3, 0.4) is 0 Å². The summed E-state index contributed by atoms with van der Waals surface area (Å²) in [6, 6.07) is 0.380. The molecule has 2 aliphatic rings. The highest BCUT2D eigenvalue weighted by atomic mass is 16.5. The molecule has 94 valence electrons. The van der Waals surface area contributed by atoms with E-state index in [9.17, 15) is 5.11 Å². The average molecular weight is 227 g/mol. The van der Waals surface area contributed by atoms with E-state index in [2.05, 4.69) is 18.7 Å². The van der Waals surface area contributed by atoms with Gasteiger partial charge in [0.2, 0.25) is 0 Å². The first kappa shape index (κ1) is 12.3. The molecule has 1 saturated heterocycles. The molecule has 3 unspecified atom stereocenters. The topological polar surface area (TPSA) is 32.7 Å². The van der Waals surface area contributed by atoms with Crippen LogP contribution < -0.4 is 0 Å². The first-order valence-electron chi connectivity index (χ1n) is 6.68. The first-order valence-corrected chi connectivity index (χ1v) is 6.68. The van der Waals surface area contributed by atoms with E-state index in [4.69, 9.17) is 4.74 Å². The molecule has 3 heteroatoms. The fraction of sp³-hybridized carbons (Fsp3) is 1.00. The molecule has 2 rings (SSSR count). The van der Waals surface area contributed by atoms with E-state index in [1.165, 1.54) is 12.8 Å². The Hall–Kier alpha value is -0.120. The Balaban J connectivity index is 1.94. The third kappa shape index (κ3) is 2.76. The number of aliphatic hydroxyl groups is 1. The summed E-state index contributed by atoms with van der Waals surface area (Å²) in [5.74, 6) is 1.53. The van der Waals surface area contributed by atoms with Crippen molar-refractivity contribution in [2.75, 3.05) is 26.3 Å². The predicted molar refractivity (Wildman–Crippen MR) is 64.4 cm³/mol. The summed E-state index contributed by atoms with van der Waals surface area (Å²) in [6.45, 7) is 8.25. The standard InChI is InChI=1S/C13H25NO2/c1-10(2)11-3-4-13(15)12(9-11)14-5-7-16-8-6-14/h10-13,15H,3-9H2,1-2H3. The largest absolute Gasteiger partial charge is 0.391 e. The molecule has 1 N–H and O–H groups in total. The van der Waals surface area contributed by atoms with Crippen molar-refractivity contribution in [3.63, 3.8) is 0 Å². The molecule has 2 fully saturated rings. The van der Waals surface area contributed by atoms with Gasteiger partial charge in [-0.05, 0) is 31.1 Å². The van der Waals surface area contributed by atoms with E-state index in [0.717, 1.165) is 44.6 Å². The van der Waals surface area contributed by atoms with Crippen LogP contribution in [0.25, 0.3) is 0 Å². The molecule has 1 heterocycles. The summed E-state index contributed by atoms with van der Waals surface area (Å²) in [4.78, 5) is 2.43. The SMILES string of the molecule is CC(C)C1CCC(O)C(N2CCOCC2)C1. The molecular formula is C13H25NO2.